The van der Waals surface area contributed by atoms with Crippen LogP contribution < -0.4 is 0 Å². The molecule has 1 amide bonds. The highest BCUT2D eigenvalue weighted by molar-refractivity contribution is 7.99. The van der Waals surface area contributed by atoms with Gasteiger partial charge in [-0.1, -0.05) is 78.8 Å². The summed E-state index contributed by atoms with van der Waals surface area (Å²) in [6.45, 7) is 2.81. The molecule has 0 bridgehead atoms. The monoisotopic (exact) mass is 435 g/mol. The number of rotatable bonds is 9. The maximum absolute atomic E-state index is 12.2. The third-order valence-corrected chi connectivity index (χ3v) is 6.39. The average Bonchev–Trinajstić information content (AvgIpc) is 3.27. The number of aromatic nitrogens is 2. The smallest absolute Gasteiger partial charge is 0.222 e. The lowest BCUT2D eigenvalue weighted by atomic mass is 10.1. The van der Waals surface area contributed by atoms with Crippen molar-refractivity contribution >= 4 is 17.7 Å². The molecule has 4 rings (SSSR count). The Labute approximate surface area is 188 Å². The molecule has 1 fully saturated rings. The third kappa shape index (κ3) is 5.99. The number of carbonyl (C=O) groups excluding carboxylic acids is 1. The van der Waals surface area contributed by atoms with Gasteiger partial charge >= 0.3 is 0 Å². The number of hydrogen-bond donors (Lipinski definition) is 1. The Kier molecular flexibility index (Phi) is 7.80. The van der Waals surface area contributed by atoms with Crippen LogP contribution in [0.4, 0.5) is 0 Å². The minimum absolute atomic E-state index is 0.266. The number of hydrogen-bond acceptors (Lipinski definition) is 4. The van der Waals surface area contributed by atoms with Crippen LogP contribution in [0.15, 0.2) is 65.8 Å². The van der Waals surface area contributed by atoms with E-state index in [-0.39, 0.29) is 5.91 Å². The van der Waals surface area contributed by atoms with Crippen LogP contribution in [0.2, 0.25) is 0 Å². The molecule has 1 aliphatic rings. The van der Waals surface area contributed by atoms with Crippen LogP contribution in [-0.2, 0) is 9.53 Å². The topological polar surface area (TPSA) is 58.2 Å². The second kappa shape index (κ2) is 11.2. The highest BCUT2D eigenvalue weighted by atomic mass is 32.2. The van der Waals surface area contributed by atoms with Crippen molar-refractivity contribution in [1.82, 2.24) is 14.9 Å². The minimum atomic E-state index is 0.266. The molecule has 1 aliphatic heterocycles. The first kappa shape index (κ1) is 21.7. The number of aromatic amines is 1. The summed E-state index contributed by atoms with van der Waals surface area (Å²) < 4.78 is 5.31. The molecule has 2 aromatic carbocycles. The zero-order chi connectivity index (χ0) is 21.3. The number of H-pyrrole nitrogens is 1. The van der Waals surface area contributed by atoms with Gasteiger partial charge in [0.2, 0.25) is 5.91 Å². The van der Waals surface area contributed by atoms with Crippen LogP contribution in [0.3, 0.4) is 0 Å². The first-order valence-electron chi connectivity index (χ1n) is 11.0. The summed E-state index contributed by atoms with van der Waals surface area (Å²) in [5.74, 6) is 1.25. The fourth-order valence-corrected chi connectivity index (χ4v) is 4.61. The summed E-state index contributed by atoms with van der Waals surface area (Å²) in [6.07, 6.45) is 3.71. The van der Waals surface area contributed by atoms with E-state index in [0.717, 1.165) is 65.8 Å². The third-order valence-electron chi connectivity index (χ3n) is 5.43. The number of imidazole rings is 1. The van der Waals surface area contributed by atoms with Crippen LogP contribution in [0.5, 0.6) is 0 Å². The first-order valence-corrected chi connectivity index (χ1v) is 12.0. The molecule has 2 heterocycles. The van der Waals surface area contributed by atoms with Gasteiger partial charge in [-0.05, 0) is 12.8 Å². The van der Waals surface area contributed by atoms with Crippen molar-refractivity contribution in [3.63, 3.8) is 0 Å². The molecule has 0 unspecified atom stereocenters. The van der Waals surface area contributed by atoms with Crippen LogP contribution in [0, 0.1) is 0 Å². The van der Waals surface area contributed by atoms with Gasteiger partial charge in [0, 0.05) is 36.4 Å². The van der Waals surface area contributed by atoms with E-state index in [1.807, 2.05) is 29.2 Å². The van der Waals surface area contributed by atoms with E-state index >= 15 is 0 Å². The number of benzene rings is 2. The Morgan fingerprint density at radius 2 is 1.61 bits per heavy atom. The molecule has 1 saturated heterocycles. The van der Waals surface area contributed by atoms with Crippen LogP contribution in [0.1, 0.15) is 25.7 Å². The second-order valence-corrected chi connectivity index (χ2v) is 8.73. The van der Waals surface area contributed by atoms with Gasteiger partial charge in [-0.3, -0.25) is 4.79 Å². The molecule has 0 atom stereocenters. The van der Waals surface area contributed by atoms with Gasteiger partial charge in [0.25, 0.3) is 0 Å². The largest absolute Gasteiger partial charge is 0.378 e. The van der Waals surface area contributed by atoms with Gasteiger partial charge < -0.3 is 14.6 Å². The van der Waals surface area contributed by atoms with Crippen LogP contribution in [0.25, 0.3) is 22.5 Å². The normalized spacial score (nSPS) is 14.0. The van der Waals surface area contributed by atoms with E-state index in [2.05, 4.69) is 41.4 Å². The minimum Gasteiger partial charge on any atom is -0.378 e. The number of ether oxygens (including phenoxy) is 1. The molecular weight excluding hydrogens is 406 g/mol. The zero-order valence-electron chi connectivity index (χ0n) is 17.8. The number of thioether (sulfide) groups is 1. The van der Waals surface area contributed by atoms with Gasteiger partial charge in [-0.25, -0.2) is 4.98 Å². The van der Waals surface area contributed by atoms with Gasteiger partial charge in [-0.15, -0.1) is 0 Å². The maximum atomic E-state index is 12.2. The molecule has 1 N–H and O–H groups in total. The van der Waals surface area contributed by atoms with Crippen LogP contribution in [-0.4, -0.2) is 52.8 Å². The number of unbranched alkanes of at least 4 members (excludes halogenated alkanes) is 2. The van der Waals surface area contributed by atoms with E-state index < -0.39 is 0 Å². The Morgan fingerprint density at radius 3 is 2.32 bits per heavy atom. The number of morpholine rings is 1. The Hall–Kier alpha value is -2.57. The SMILES string of the molecule is O=C(CCCCCSc1nc(-c2ccccc2)c(-c2ccccc2)[nH]1)N1CCOCC1. The van der Waals surface area contributed by atoms with Gasteiger partial charge in [0.1, 0.15) is 0 Å². The van der Waals surface area contributed by atoms with Crippen LogP contribution >= 0.6 is 11.8 Å². The molecule has 0 saturated carbocycles. The summed E-state index contributed by atoms with van der Waals surface area (Å²) in [4.78, 5) is 22.6. The van der Waals surface area contributed by atoms with Crippen molar-refractivity contribution < 1.29 is 9.53 Å². The molecule has 162 valence electrons. The van der Waals surface area contributed by atoms with Crippen molar-refractivity contribution in [2.75, 3.05) is 32.1 Å². The summed E-state index contributed by atoms with van der Waals surface area (Å²) in [5, 5.41) is 0.946. The molecule has 1 aromatic heterocycles. The molecule has 31 heavy (non-hydrogen) atoms. The summed E-state index contributed by atoms with van der Waals surface area (Å²) in [6, 6.07) is 20.7. The predicted molar refractivity (Wildman–Crippen MR) is 126 cm³/mol. The van der Waals surface area contributed by atoms with Gasteiger partial charge in [0.05, 0.1) is 24.6 Å². The average molecular weight is 436 g/mol. The number of amides is 1. The summed E-state index contributed by atoms with van der Waals surface area (Å²) in [5.41, 5.74) is 4.31. The standard InChI is InChI=1S/C25H29N3O2S/c29-22(28-15-17-30-18-16-28)14-8-3-9-19-31-25-26-23(20-10-4-1-5-11-20)24(27-25)21-12-6-2-7-13-21/h1-2,4-7,10-13H,3,8-9,14-19H2,(H,26,27). The Bertz CT molecular complexity index is 896. The van der Waals surface area contributed by atoms with Crippen molar-refractivity contribution in [3.8, 4) is 22.5 Å². The van der Waals surface area contributed by atoms with Crippen molar-refractivity contribution in [1.29, 1.82) is 0 Å². The number of nitrogens with zero attached hydrogens (tertiary/aromatic N) is 2. The Balaban J connectivity index is 1.30. The number of carbonyl (C=O) groups is 1. The van der Waals surface area contributed by atoms with E-state index in [0.29, 0.717) is 19.6 Å². The predicted octanol–water partition coefficient (Wildman–Crippen LogP) is 5.26. The van der Waals surface area contributed by atoms with Gasteiger partial charge in [0.15, 0.2) is 5.16 Å². The summed E-state index contributed by atoms with van der Waals surface area (Å²) >= 11 is 1.75. The van der Waals surface area contributed by atoms with E-state index in [1.165, 1.54) is 0 Å². The lowest BCUT2D eigenvalue weighted by Gasteiger charge is -2.26. The zero-order valence-corrected chi connectivity index (χ0v) is 18.6. The highest BCUT2D eigenvalue weighted by Gasteiger charge is 2.16. The van der Waals surface area contributed by atoms with Gasteiger partial charge in [-0.2, -0.15) is 0 Å². The molecule has 5 nitrogen and oxygen atoms in total. The Morgan fingerprint density at radius 1 is 0.935 bits per heavy atom. The number of nitrogens with one attached hydrogen (secondary N) is 1. The van der Waals surface area contributed by atoms with E-state index in [4.69, 9.17) is 9.72 Å². The summed E-state index contributed by atoms with van der Waals surface area (Å²) in [7, 11) is 0. The fraction of sp³-hybridized carbons (Fsp3) is 0.360. The lowest BCUT2D eigenvalue weighted by Crippen LogP contribution is -2.40. The van der Waals surface area contributed by atoms with Crippen molar-refractivity contribution in [2.45, 2.75) is 30.8 Å². The molecule has 0 aliphatic carbocycles. The second-order valence-electron chi connectivity index (χ2n) is 7.65. The molecule has 0 radical (unpaired) electrons. The van der Waals surface area contributed by atoms with E-state index in [9.17, 15) is 4.79 Å². The first-order chi connectivity index (χ1) is 15.3. The highest BCUT2D eigenvalue weighted by Crippen LogP contribution is 2.32. The fourth-order valence-electron chi connectivity index (χ4n) is 3.73. The van der Waals surface area contributed by atoms with Crippen molar-refractivity contribution in [3.05, 3.63) is 60.7 Å². The molecule has 3 aromatic rings. The maximum Gasteiger partial charge on any atom is 0.222 e. The molecule has 0 spiro atoms. The molecular formula is C25H29N3O2S. The lowest BCUT2D eigenvalue weighted by molar-refractivity contribution is -0.135. The molecule has 6 heteroatoms. The van der Waals surface area contributed by atoms with E-state index in [1.54, 1.807) is 11.8 Å². The quantitative estimate of drug-likeness (QED) is 0.368. The van der Waals surface area contributed by atoms with Crippen molar-refractivity contribution in [2.24, 2.45) is 0 Å².